The van der Waals surface area contributed by atoms with Crippen molar-refractivity contribution < 1.29 is 33.9 Å². The quantitative estimate of drug-likeness (QED) is 0.106. The fourth-order valence-electron chi connectivity index (χ4n) is 3.64. The molecule has 2 aliphatic rings. The molecule has 14 nitrogen and oxygen atoms in total. The number of carboxylic acid groups (broad SMARTS) is 1. The summed E-state index contributed by atoms with van der Waals surface area (Å²) in [5.74, 6) is -1.65. The lowest BCUT2D eigenvalue weighted by Gasteiger charge is -2.49. The summed E-state index contributed by atoms with van der Waals surface area (Å²) in [6.45, 7) is 3.48. The molecule has 1 unspecified atom stereocenters. The van der Waals surface area contributed by atoms with E-state index >= 15 is 0 Å². The van der Waals surface area contributed by atoms with Gasteiger partial charge in [0.25, 0.3) is 17.7 Å². The molecule has 202 valence electrons. The lowest BCUT2D eigenvalue weighted by molar-refractivity contribution is -0.148. The minimum absolute atomic E-state index is 0.113. The zero-order valence-electron chi connectivity index (χ0n) is 20.0. The molecule has 4 heterocycles. The summed E-state index contributed by atoms with van der Waals surface area (Å²) in [5.41, 5.74) is 12.1. The number of oxime groups is 1. The number of rotatable bonds is 9. The molecule has 1 fully saturated rings. The number of β-lactam (4-membered cyclic amide) rings is 1. The molecule has 0 radical (unpaired) electrons. The number of nitrogen functional groups attached to an aromatic ring is 1. The van der Waals surface area contributed by atoms with Gasteiger partial charge in [-0.05, 0) is 13.8 Å². The summed E-state index contributed by atoms with van der Waals surface area (Å²) in [7, 11) is 1.26. The SMILES string of the molecule is CON=C(C(=O)N[C@@H]1C(=O)N2C(OC(=O)O)=C(C(C)Sc3nc(C)c(C(N)=O)s3)CS[C@@H]12)c1csc(N)n1. The number of aromatic nitrogens is 2. The first kappa shape index (κ1) is 27.7. The molecular weight excluding hydrogens is 579 g/mol. The van der Waals surface area contributed by atoms with Gasteiger partial charge in [-0.2, -0.15) is 0 Å². The van der Waals surface area contributed by atoms with E-state index in [1.165, 1.54) is 40.9 Å². The van der Waals surface area contributed by atoms with Crippen LogP contribution in [0.3, 0.4) is 0 Å². The zero-order valence-corrected chi connectivity index (χ0v) is 23.3. The number of carbonyl (C=O) groups excluding carboxylic acids is 3. The molecule has 18 heteroatoms. The van der Waals surface area contributed by atoms with Gasteiger partial charge in [0.1, 0.15) is 29.1 Å². The fourth-order valence-corrected chi connectivity index (χ4v) is 8.09. The number of primary amides is 1. The third kappa shape index (κ3) is 5.42. The van der Waals surface area contributed by atoms with Crippen LogP contribution in [-0.4, -0.2) is 79.1 Å². The molecule has 4 rings (SSSR count). The molecular formula is C20H21N7O7S4. The predicted octanol–water partition coefficient (Wildman–Crippen LogP) is 1.43. The normalized spacial score (nSPS) is 19.9. The van der Waals surface area contributed by atoms with Crippen LogP contribution in [0.4, 0.5) is 9.93 Å². The average Bonchev–Trinajstić information content (AvgIpc) is 3.44. The highest BCUT2D eigenvalue weighted by Crippen LogP contribution is 2.44. The molecule has 0 bridgehead atoms. The Labute approximate surface area is 231 Å². The Morgan fingerprint density at radius 1 is 1.37 bits per heavy atom. The lowest BCUT2D eigenvalue weighted by atomic mass is 10.0. The minimum atomic E-state index is -1.59. The van der Waals surface area contributed by atoms with Gasteiger partial charge < -0.3 is 31.5 Å². The van der Waals surface area contributed by atoms with E-state index < -0.39 is 35.3 Å². The Hall–Kier alpha value is -3.35. The third-order valence-corrected chi connectivity index (χ3v) is 9.76. The number of anilines is 1. The first-order valence-corrected chi connectivity index (χ1v) is 14.3. The van der Waals surface area contributed by atoms with Crippen molar-refractivity contribution in [1.29, 1.82) is 0 Å². The number of hydrogen-bond acceptors (Lipinski definition) is 14. The van der Waals surface area contributed by atoms with E-state index in [1.54, 1.807) is 6.92 Å². The summed E-state index contributed by atoms with van der Waals surface area (Å²) >= 11 is 4.86. The molecule has 3 atom stereocenters. The molecule has 0 spiro atoms. The lowest BCUT2D eigenvalue weighted by Crippen LogP contribution is -2.70. The zero-order chi connectivity index (χ0) is 27.7. The van der Waals surface area contributed by atoms with Crippen molar-refractivity contribution >= 4 is 80.9 Å². The molecule has 38 heavy (non-hydrogen) atoms. The summed E-state index contributed by atoms with van der Waals surface area (Å²) in [5, 5.41) is 16.5. The van der Waals surface area contributed by atoms with Crippen LogP contribution in [0.1, 0.15) is 28.0 Å². The highest BCUT2D eigenvalue weighted by molar-refractivity contribution is 8.02. The van der Waals surface area contributed by atoms with Gasteiger partial charge in [-0.25, -0.2) is 14.8 Å². The largest absolute Gasteiger partial charge is 0.512 e. The summed E-state index contributed by atoms with van der Waals surface area (Å²) in [6.07, 6.45) is -1.59. The van der Waals surface area contributed by atoms with Crippen LogP contribution in [0.15, 0.2) is 26.3 Å². The van der Waals surface area contributed by atoms with Crippen LogP contribution in [0.25, 0.3) is 0 Å². The number of carbonyl (C=O) groups is 4. The first-order chi connectivity index (χ1) is 18.0. The smallest absolute Gasteiger partial charge is 0.449 e. The second-order valence-electron chi connectivity index (χ2n) is 7.77. The molecule has 0 saturated carbocycles. The highest BCUT2D eigenvalue weighted by atomic mass is 32.2. The maximum atomic E-state index is 13.1. The van der Waals surface area contributed by atoms with E-state index in [-0.39, 0.29) is 27.7 Å². The van der Waals surface area contributed by atoms with Crippen molar-refractivity contribution in [2.45, 2.75) is 34.9 Å². The van der Waals surface area contributed by atoms with E-state index in [2.05, 4.69) is 20.4 Å². The van der Waals surface area contributed by atoms with Crippen molar-refractivity contribution in [3.05, 3.63) is 33.1 Å². The molecule has 0 aromatic carbocycles. The van der Waals surface area contributed by atoms with E-state index in [9.17, 15) is 24.3 Å². The Balaban J connectivity index is 1.54. The molecule has 2 aliphatic heterocycles. The van der Waals surface area contributed by atoms with Crippen LogP contribution in [0, 0.1) is 6.92 Å². The van der Waals surface area contributed by atoms with Crippen molar-refractivity contribution in [1.82, 2.24) is 20.2 Å². The molecule has 6 N–H and O–H groups in total. The van der Waals surface area contributed by atoms with Crippen LogP contribution in [0.2, 0.25) is 0 Å². The highest BCUT2D eigenvalue weighted by Gasteiger charge is 2.55. The number of aryl methyl sites for hydroxylation is 1. The topological polar surface area (TPSA) is 212 Å². The van der Waals surface area contributed by atoms with E-state index in [0.29, 0.717) is 26.2 Å². The number of nitrogens with zero attached hydrogens (tertiary/aromatic N) is 4. The van der Waals surface area contributed by atoms with Gasteiger partial charge >= 0.3 is 6.16 Å². The van der Waals surface area contributed by atoms with Crippen LogP contribution in [0.5, 0.6) is 0 Å². The van der Waals surface area contributed by atoms with Gasteiger partial charge in [0, 0.05) is 22.0 Å². The van der Waals surface area contributed by atoms with Crippen molar-refractivity contribution in [2.75, 3.05) is 18.6 Å². The Morgan fingerprint density at radius 3 is 2.68 bits per heavy atom. The van der Waals surface area contributed by atoms with Gasteiger partial charge in [-0.15, -0.1) is 34.4 Å². The molecule has 2 aromatic rings. The second kappa shape index (κ2) is 11.2. The number of hydrogen-bond donors (Lipinski definition) is 4. The maximum Gasteiger partial charge on any atom is 0.512 e. The van der Waals surface area contributed by atoms with Crippen molar-refractivity contribution in [2.24, 2.45) is 10.9 Å². The van der Waals surface area contributed by atoms with Crippen molar-refractivity contribution in [3.8, 4) is 0 Å². The fraction of sp³-hybridized carbons (Fsp3) is 0.350. The number of amides is 3. The Bertz CT molecular complexity index is 1370. The number of nitrogens with one attached hydrogen (secondary N) is 1. The third-order valence-electron chi connectivity index (χ3n) is 5.35. The Morgan fingerprint density at radius 2 is 2.11 bits per heavy atom. The standard InChI is InChI=1S/C20H21N7O7S4/c1-6-12(13(21)28)38-19(23-6)37-7(2)8-4-35-17-11(15(30)27(17)16(8)34-20(31)32)25-14(29)10(26-33-3)9-5-36-18(22)24-9/h5,7,11,17H,4H2,1-3H3,(H2,21,28)(H2,22,24)(H,25,29)(H,31,32)/t7?,11-,17+/m1/s1. The monoisotopic (exact) mass is 599 g/mol. The second-order valence-corrected chi connectivity index (χ2v) is 12.4. The summed E-state index contributed by atoms with van der Waals surface area (Å²) < 4.78 is 5.61. The van der Waals surface area contributed by atoms with Gasteiger partial charge in [-0.3, -0.25) is 19.3 Å². The molecule has 1 saturated heterocycles. The summed E-state index contributed by atoms with van der Waals surface area (Å²) in [4.78, 5) is 63.8. The summed E-state index contributed by atoms with van der Waals surface area (Å²) in [6, 6.07) is -0.970. The van der Waals surface area contributed by atoms with Crippen molar-refractivity contribution in [3.63, 3.8) is 0 Å². The number of ether oxygens (including phenoxy) is 1. The number of nitrogens with two attached hydrogens (primary N) is 2. The maximum absolute atomic E-state index is 13.1. The molecule has 0 aliphatic carbocycles. The van der Waals surface area contributed by atoms with Gasteiger partial charge in [0.2, 0.25) is 5.88 Å². The van der Waals surface area contributed by atoms with E-state index in [1.807, 2.05) is 6.92 Å². The number of thiazole rings is 2. The molecule has 2 aromatic heterocycles. The first-order valence-electron chi connectivity index (χ1n) is 10.7. The van der Waals surface area contributed by atoms with Crippen LogP contribution in [-0.2, 0) is 19.2 Å². The van der Waals surface area contributed by atoms with Gasteiger partial charge in [-0.1, -0.05) is 16.9 Å². The predicted molar refractivity (Wildman–Crippen MR) is 142 cm³/mol. The number of fused-ring (bicyclic) bond motifs is 1. The van der Waals surface area contributed by atoms with E-state index in [4.69, 9.17) is 21.0 Å². The van der Waals surface area contributed by atoms with E-state index in [0.717, 1.165) is 22.7 Å². The average molecular weight is 600 g/mol. The minimum Gasteiger partial charge on any atom is -0.449 e. The Kier molecular flexibility index (Phi) is 8.14. The van der Waals surface area contributed by atoms with Crippen LogP contribution >= 0.6 is 46.2 Å². The van der Waals surface area contributed by atoms with Gasteiger partial charge in [0.15, 0.2) is 15.2 Å². The number of thioether (sulfide) groups is 2. The van der Waals surface area contributed by atoms with Gasteiger partial charge in [0.05, 0.1) is 5.69 Å². The molecule has 3 amide bonds. The van der Waals surface area contributed by atoms with Crippen LogP contribution < -0.4 is 16.8 Å².